The highest BCUT2D eigenvalue weighted by Gasteiger charge is 2.05. The molecule has 0 heterocycles. The van der Waals surface area contributed by atoms with Gasteiger partial charge in [-0.1, -0.05) is 13.8 Å². The lowest BCUT2D eigenvalue weighted by Crippen LogP contribution is -2.25. The van der Waals surface area contributed by atoms with Gasteiger partial charge in [0.05, 0.1) is 0 Å². The van der Waals surface area contributed by atoms with Crippen molar-refractivity contribution in [3.05, 3.63) is 0 Å². The first-order valence-electron chi connectivity index (χ1n) is 5.27. The second kappa shape index (κ2) is 8.13. The molecule has 0 aliphatic rings. The average molecular weight is 181 g/mol. The Labute approximate surface area is 83.3 Å². The lowest BCUT2D eigenvalue weighted by Gasteiger charge is -2.15. The Morgan fingerprint density at radius 2 is 1.85 bits per heavy atom. The van der Waals surface area contributed by atoms with Crippen LogP contribution in [-0.4, -0.2) is 13.1 Å². The van der Waals surface area contributed by atoms with Gasteiger partial charge in [0.25, 0.3) is 0 Å². The summed E-state index contributed by atoms with van der Waals surface area (Å²) in [5.74, 6) is 6.86. The summed E-state index contributed by atoms with van der Waals surface area (Å²) in [6.07, 6.45) is 4.80. The second-order valence-corrected chi connectivity index (χ2v) is 3.92. The average Bonchev–Trinajstić information content (AvgIpc) is 2.10. The molecule has 0 aliphatic carbocycles. The number of nitrogens with one attached hydrogen (secondary N) is 1. The SMILES string of the molecule is CC#CCCC(CCC(C)C)NC. The van der Waals surface area contributed by atoms with Crippen LogP contribution in [0.15, 0.2) is 0 Å². The minimum atomic E-state index is 0.656. The van der Waals surface area contributed by atoms with Crippen LogP contribution in [0.3, 0.4) is 0 Å². The monoisotopic (exact) mass is 181 g/mol. The molecule has 0 aromatic rings. The molecule has 0 aliphatic heterocycles. The largest absolute Gasteiger partial charge is 0.317 e. The standard InChI is InChI=1S/C12H23N/c1-5-6-7-8-12(13-4)10-9-11(2)3/h11-13H,7-10H2,1-4H3. The van der Waals surface area contributed by atoms with Crippen LogP contribution in [0.4, 0.5) is 0 Å². The first-order chi connectivity index (χ1) is 6.20. The Morgan fingerprint density at radius 1 is 1.15 bits per heavy atom. The normalized spacial score (nSPS) is 12.4. The quantitative estimate of drug-likeness (QED) is 0.621. The Bertz CT molecular complexity index is 162. The van der Waals surface area contributed by atoms with E-state index in [2.05, 4.69) is 31.0 Å². The Balaban J connectivity index is 3.54. The molecular weight excluding hydrogens is 158 g/mol. The van der Waals surface area contributed by atoms with Crippen molar-refractivity contribution in [1.82, 2.24) is 5.32 Å². The van der Waals surface area contributed by atoms with Crippen molar-refractivity contribution in [2.45, 2.75) is 52.5 Å². The fourth-order valence-electron chi connectivity index (χ4n) is 1.34. The molecule has 0 spiro atoms. The third-order valence-electron chi connectivity index (χ3n) is 2.30. The van der Waals surface area contributed by atoms with Crippen LogP contribution >= 0.6 is 0 Å². The number of hydrogen-bond acceptors (Lipinski definition) is 1. The summed E-state index contributed by atoms with van der Waals surface area (Å²) in [6, 6.07) is 0.656. The highest BCUT2D eigenvalue weighted by molar-refractivity contribution is 4.95. The van der Waals surface area contributed by atoms with Crippen LogP contribution in [0.1, 0.15) is 46.5 Å². The van der Waals surface area contributed by atoms with Gasteiger partial charge >= 0.3 is 0 Å². The molecule has 1 heteroatoms. The molecule has 0 amide bonds. The van der Waals surface area contributed by atoms with E-state index in [1.165, 1.54) is 19.3 Å². The maximum atomic E-state index is 3.35. The molecule has 0 saturated carbocycles. The summed E-state index contributed by atoms with van der Waals surface area (Å²) in [6.45, 7) is 6.46. The van der Waals surface area contributed by atoms with Crippen LogP contribution in [-0.2, 0) is 0 Å². The molecule has 13 heavy (non-hydrogen) atoms. The van der Waals surface area contributed by atoms with E-state index in [9.17, 15) is 0 Å². The molecule has 1 nitrogen and oxygen atoms in total. The zero-order valence-electron chi connectivity index (χ0n) is 9.48. The van der Waals surface area contributed by atoms with Crippen molar-refractivity contribution in [2.75, 3.05) is 7.05 Å². The summed E-state index contributed by atoms with van der Waals surface area (Å²) in [5, 5.41) is 3.35. The van der Waals surface area contributed by atoms with Gasteiger partial charge in [-0.05, 0) is 39.2 Å². The van der Waals surface area contributed by atoms with Gasteiger partial charge < -0.3 is 5.32 Å². The second-order valence-electron chi connectivity index (χ2n) is 3.92. The fraction of sp³-hybridized carbons (Fsp3) is 0.833. The topological polar surface area (TPSA) is 12.0 Å². The van der Waals surface area contributed by atoms with Crippen molar-refractivity contribution in [1.29, 1.82) is 0 Å². The lowest BCUT2D eigenvalue weighted by molar-refractivity contribution is 0.436. The number of rotatable bonds is 6. The zero-order chi connectivity index (χ0) is 10.1. The Kier molecular flexibility index (Phi) is 7.83. The van der Waals surface area contributed by atoms with E-state index >= 15 is 0 Å². The van der Waals surface area contributed by atoms with E-state index in [0.29, 0.717) is 6.04 Å². The maximum Gasteiger partial charge on any atom is 0.0103 e. The fourth-order valence-corrected chi connectivity index (χ4v) is 1.34. The molecule has 0 radical (unpaired) electrons. The summed E-state index contributed by atoms with van der Waals surface area (Å²) >= 11 is 0. The summed E-state index contributed by atoms with van der Waals surface area (Å²) in [5.41, 5.74) is 0. The highest BCUT2D eigenvalue weighted by Crippen LogP contribution is 2.09. The van der Waals surface area contributed by atoms with E-state index < -0.39 is 0 Å². The van der Waals surface area contributed by atoms with Gasteiger partial charge in [0.15, 0.2) is 0 Å². The minimum Gasteiger partial charge on any atom is -0.317 e. The summed E-state index contributed by atoms with van der Waals surface area (Å²) in [4.78, 5) is 0. The van der Waals surface area contributed by atoms with E-state index in [1.807, 2.05) is 14.0 Å². The van der Waals surface area contributed by atoms with Crippen LogP contribution in [0, 0.1) is 17.8 Å². The first-order valence-corrected chi connectivity index (χ1v) is 5.27. The molecule has 0 aromatic carbocycles. The third-order valence-corrected chi connectivity index (χ3v) is 2.30. The van der Waals surface area contributed by atoms with Crippen molar-refractivity contribution < 1.29 is 0 Å². The lowest BCUT2D eigenvalue weighted by atomic mass is 10.0. The molecule has 1 unspecified atom stereocenters. The van der Waals surface area contributed by atoms with Gasteiger partial charge in [-0.3, -0.25) is 0 Å². The van der Waals surface area contributed by atoms with Gasteiger partial charge in [-0.25, -0.2) is 0 Å². The van der Waals surface area contributed by atoms with Crippen LogP contribution in [0.25, 0.3) is 0 Å². The van der Waals surface area contributed by atoms with E-state index in [-0.39, 0.29) is 0 Å². The van der Waals surface area contributed by atoms with Crippen molar-refractivity contribution in [3.8, 4) is 11.8 Å². The van der Waals surface area contributed by atoms with Crippen molar-refractivity contribution in [2.24, 2.45) is 5.92 Å². The van der Waals surface area contributed by atoms with Crippen LogP contribution in [0.5, 0.6) is 0 Å². The highest BCUT2D eigenvalue weighted by atomic mass is 14.9. The summed E-state index contributed by atoms with van der Waals surface area (Å²) in [7, 11) is 2.05. The predicted molar refractivity (Wildman–Crippen MR) is 59.6 cm³/mol. The smallest absolute Gasteiger partial charge is 0.0103 e. The van der Waals surface area contributed by atoms with Crippen LogP contribution < -0.4 is 5.32 Å². The predicted octanol–water partition coefficient (Wildman–Crippen LogP) is 2.81. The van der Waals surface area contributed by atoms with Crippen molar-refractivity contribution in [3.63, 3.8) is 0 Å². The van der Waals surface area contributed by atoms with Gasteiger partial charge in [0.1, 0.15) is 0 Å². The minimum absolute atomic E-state index is 0.656. The van der Waals surface area contributed by atoms with E-state index in [1.54, 1.807) is 0 Å². The van der Waals surface area contributed by atoms with E-state index in [0.717, 1.165) is 12.3 Å². The Morgan fingerprint density at radius 3 is 2.31 bits per heavy atom. The number of hydrogen-bond donors (Lipinski definition) is 1. The van der Waals surface area contributed by atoms with Gasteiger partial charge in [0, 0.05) is 12.5 Å². The molecular formula is C12H23N. The molecule has 1 atom stereocenters. The first kappa shape index (κ1) is 12.5. The molecule has 1 N–H and O–H groups in total. The van der Waals surface area contributed by atoms with E-state index in [4.69, 9.17) is 0 Å². The maximum absolute atomic E-state index is 3.35. The molecule has 0 bridgehead atoms. The molecule has 0 aromatic heterocycles. The third kappa shape index (κ3) is 7.87. The molecule has 0 saturated heterocycles. The summed E-state index contributed by atoms with van der Waals surface area (Å²) < 4.78 is 0. The molecule has 0 rings (SSSR count). The molecule has 0 fully saturated rings. The Hall–Kier alpha value is -0.480. The van der Waals surface area contributed by atoms with Gasteiger partial charge in [-0.2, -0.15) is 0 Å². The van der Waals surface area contributed by atoms with Crippen molar-refractivity contribution >= 4 is 0 Å². The molecule has 76 valence electrons. The van der Waals surface area contributed by atoms with Gasteiger partial charge in [0.2, 0.25) is 0 Å². The van der Waals surface area contributed by atoms with Gasteiger partial charge in [-0.15, -0.1) is 11.8 Å². The zero-order valence-corrected chi connectivity index (χ0v) is 9.48. The van der Waals surface area contributed by atoms with Crippen LogP contribution in [0.2, 0.25) is 0 Å².